The number of halogens is 1. The first-order valence-corrected chi connectivity index (χ1v) is 7.24. The van der Waals surface area contributed by atoms with Crippen LogP contribution in [0.4, 0.5) is 5.82 Å². The maximum Gasteiger partial charge on any atom is 0.137 e. The minimum atomic E-state index is -0.630. The van der Waals surface area contributed by atoms with Crippen molar-refractivity contribution in [3.8, 4) is 0 Å². The van der Waals surface area contributed by atoms with Crippen LogP contribution in [0.1, 0.15) is 44.0 Å². The van der Waals surface area contributed by atoms with E-state index in [4.69, 9.17) is 11.6 Å². The molecule has 2 N–H and O–H groups in total. The largest absolute Gasteiger partial charge is 0.388 e. The number of aliphatic hydroxyl groups is 1. The van der Waals surface area contributed by atoms with Gasteiger partial charge in [-0.15, -0.1) is 0 Å². The first kappa shape index (κ1) is 14.5. The number of rotatable bonds is 3. The zero-order chi connectivity index (χ0) is 14.0. The lowest BCUT2D eigenvalue weighted by molar-refractivity contribution is -0.000838. The molecule has 4 nitrogen and oxygen atoms in total. The van der Waals surface area contributed by atoms with Gasteiger partial charge in [0.25, 0.3) is 0 Å². The van der Waals surface area contributed by atoms with Crippen molar-refractivity contribution in [1.82, 2.24) is 9.97 Å². The number of aromatic nitrogens is 2. The Morgan fingerprint density at radius 1 is 1.42 bits per heavy atom. The summed E-state index contributed by atoms with van der Waals surface area (Å²) in [5, 5.41) is 14.3. The first-order chi connectivity index (χ1) is 8.89. The molecule has 0 bridgehead atoms. The first-order valence-electron chi connectivity index (χ1n) is 6.87. The molecule has 0 aromatic carbocycles. The van der Waals surface area contributed by atoms with E-state index >= 15 is 0 Å². The van der Waals surface area contributed by atoms with Gasteiger partial charge in [-0.25, -0.2) is 9.97 Å². The Bertz CT molecular complexity index is 466. The zero-order valence-corrected chi connectivity index (χ0v) is 12.6. The molecule has 1 heterocycles. The van der Waals surface area contributed by atoms with Gasteiger partial charge in [0.05, 0.1) is 5.60 Å². The third-order valence-electron chi connectivity index (χ3n) is 3.85. The summed E-state index contributed by atoms with van der Waals surface area (Å²) in [4.78, 5) is 8.46. The minimum absolute atomic E-state index is 0.471. The van der Waals surface area contributed by atoms with E-state index in [1.54, 1.807) is 0 Å². The second-order valence-electron chi connectivity index (χ2n) is 5.81. The molecule has 2 unspecified atom stereocenters. The summed E-state index contributed by atoms with van der Waals surface area (Å²) in [6, 6.07) is 0. The van der Waals surface area contributed by atoms with Crippen LogP contribution in [-0.2, 0) is 0 Å². The predicted molar refractivity (Wildman–Crippen MR) is 77.6 cm³/mol. The van der Waals surface area contributed by atoms with Crippen molar-refractivity contribution in [1.29, 1.82) is 0 Å². The fraction of sp³-hybridized carbons (Fsp3) is 0.714. The Balaban J connectivity index is 2.06. The summed E-state index contributed by atoms with van der Waals surface area (Å²) in [7, 11) is 0. The van der Waals surface area contributed by atoms with Crippen molar-refractivity contribution in [2.24, 2.45) is 5.92 Å². The van der Waals surface area contributed by atoms with Crippen LogP contribution in [0.2, 0.25) is 5.15 Å². The van der Waals surface area contributed by atoms with Gasteiger partial charge in [-0.1, -0.05) is 31.4 Å². The molecule has 2 rings (SSSR count). The Morgan fingerprint density at radius 2 is 2.16 bits per heavy atom. The summed E-state index contributed by atoms with van der Waals surface area (Å²) < 4.78 is 0. The Hall–Kier alpha value is -0.870. The number of nitrogens with zero attached hydrogens (tertiary/aromatic N) is 2. The average molecular weight is 284 g/mol. The molecule has 1 fully saturated rings. The second kappa shape index (κ2) is 5.63. The molecule has 106 valence electrons. The van der Waals surface area contributed by atoms with Crippen LogP contribution in [0.25, 0.3) is 0 Å². The van der Waals surface area contributed by atoms with Gasteiger partial charge >= 0.3 is 0 Å². The molecule has 0 spiro atoms. The zero-order valence-electron chi connectivity index (χ0n) is 11.8. The van der Waals surface area contributed by atoms with Gasteiger partial charge in [0.15, 0.2) is 0 Å². The molecule has 2 atom stereocenters. The van der Waals surface area contributed by atoms with Gasteiger partial charge < -0.3 is 10.4 Å². The van der Waals surface area contributed by atoms with Crippen molar-refractivity contribution >= 4 is 17.4 Å². The van der Waals surface area contributed by atoms with E-state index in [-0.39, 0.29) is 0 Å². The molecule has 1 saturated carbocycles. The number of hydrogen-bond donors (Lipinski definition) is 2. The smallest absolute Gasteiger partial charge is 0.137 e. The van der Waals surface area contributed by atoms with Gasteiger partial charge in [-0.2, -0.15) is 0 Å². The average Bonchev–Trinajstić information content (AvgIpc) is 2.31. The fourth-order valence-electron chi connectivity index (χ4n) is 2.81. The predicted octanol–water partition coefficient (Wildman–Crippen LogP) is 3.10. The third-order valence-corrected chi connectivity index (χ3v) is 4.22. The van der Waals surface area contributed by atoms with Crippen molar-refractivity contribution in [2.45, 2.75) is 52.1 Å². The van der Waals surface area contributed by atoms with Crippen LogP contribution in [0, 0.1) is 19.8 Å². The van der Waals surface area contributed by atoms with Crippen LogP contribution in [-0.4, -0.2) is 27.2 Å². The Labute approximate surface area is 119 Å². The number of aryl methyl sites for hydroxylation is 1. The molecule has 0 saturated heterocycles. The van der Waals surface area contributed by atoms with Gasteiger partial charge in [0.1, 0.15) is 16.8 Å². The Kier molecular flexibility index (Phi) is 4.31. The summed E-state index contributed by atoms with van der Waals surface area (Å²) >= 11 is 6.04. The van der Waals surface area contributed by atoms with Crippen LogP contribution >= 0.6 is 11.6 Å². The molecule has 19 heavy (non-hydrogen) atoms. The van der Waals surface area contributed by atoms with Gasteiger partial charge in [-0.05, 0) is 32.6 Å². The maximum atomic E-state index is 10.6. The number of hydrogen-bond acceptors (Lipinski definition) is 4. The molecular formula is C14H22ClN3O. The number of nitrogens with one attached hydrogen (secondary N) is 1. The van der Waals surface area contributed by atoms with Crippen molar-refractivity contribution in [3.63, 3.8) is 0 Å². The normalized spacial score (nSPS) is 27.3. The van der Waals surface area contributed by atoms with Crippen molar-refractivity contribution < 1.29 is 5.11 Å². The molecule has 1 aliphatic carbocycles. The van der Waals surface area contributed by atoms with E-state index in [0.29, 0.717) is 23.4 Å². The van der Waals surface area contributed by atoms with E-state index in [0.717, 1.165) is 30.6 Å². The highest BCUT2D eigenvalue weighted by Crippen LogP contribution is 2.32. The molecule has 1 aromatic rings. The molecule has 1 aromatic heterocycles. The number of anilines is 1. The molecule has 0 aliphatic heterocycles. The molecule has 5 heteroatoms. The second-order valence-corrected chi connectivity index (χ2v) is 6.17. The Morgan fingerprint density at radius 3 is 2.84 bits per heavy atom. The van der Waals surface area contributed by atoms with Crippen LogP contribution in [0.3, 0.4) is 0 Å². The lowest BCUT2D eigenvalue weighted by Crippen LogP contribution is -2.41. The highest BCUT2D eigenvalue weighted by Gasteiger charge is 2.32. The summed E-state index contributed by atoms with van der Waals surface area (Å²) in [6.45, 7) is 6.41. The lowest BCUT2D eigenvalue weighted by atomic mass is 9.79. The quantitative estimate of drug-likeness (QED) is 0.837. The maximum absolute atomic E-state index is 10.6. The molecule has 0 radical (unpaired) electrons. The fourth-order valence-corrected chi connectivity index (χ4v) is 3.02. The van der Waals surface area contributed by atoms with Crippen LogP contribution in [0.15, 0.2) is 0 Å². The van der Waals surface area contributed by atoms with Gasteiger partial charge in [-0.3, -0.25) is 0 Å². The van der Waals surface area contributed by atoms with Crippen molar-refractivity contribution in [2.75, 3.05) is 11.9 Å². The minimum Gasteiger partial charge on any atom is -0.388 e. The van der Waals surface area contributed by atoms with Crippen LogP contribution in [0.5, 0.6) is 0 Å². The van der Waals surface area contributed by atoms with E-state index in [1.165, 1.54) is 6.42 Å². The van der Waals surface area contributed by atoms with Gasteiger partial charge in [0.2, 0.25) is 0 Å². The topological polar surface area (TPSA) is 58.0 Å². The summed E-state index contributed by atoms with van der Waals surface area (Å²) in [5.74, 6) is 1.95. The van der Waals surface area contributed by atoms with E-state index in [2.05, 4.69) is 22.2 Å². The van der Waals surface area contributed by atoms with E-state index in [1.807, 2.05) is 13.8 Å². The summed E-state index contributed by atoms with van der Waals surface area (Å²) in [6.07, 6.45) is 3.99. The van der Waals surface area contributed by atoms with E-state index < -0.39 is 5.60 Å². The molecular weight excluding hydrogens is 262 g/mol. The van der Waals surface area contributed by atoms with E-state index in [9.17, 15) is 5.11 Å². The molecule has 1 aliphatic rings. The van der Waals surface area contributed by atoms with Crippen molar-refractivity contribution in [3.05, 3.63) is 16.5 Å². The van der Waals surface area contributed by atoms with Crippen LogP contribution < -0.4 is 5.32 Å². The standard InChI is InChI=1S/C14H22ClN3O/c1-9-5-4-6-14(19,7-9)8-16-13-10(2)12(15)17-11(3)18-13/h9,19H,4-8H2,1-3H3,(H,16,17,18). The molecule has 0 amide bonds. The lowest BCUT2D eigenvalue weighted by Gasteiger charge is -2.35. The SMILES string of the molecule is Cc1nc(Cl)c(C)c(NCC2(O)CCCC(C)C2)n1. The third kappa shape index (κ3) is 3.57. The highest BCUT2D eigenvalue weighted by atomic mass is 35.5. The highest BCUT2D eigenvalue weighted by molar-refractivity contribution is 6.30. The monoisotopic (exact) mass is 283 g/mol. The van der Waals surface area contributed by atoms with Gasteiger partial charge in [0, 0.05) is 12.1 Å². The summed E-state index contributed by atoms with van der Waals surface area (Å²) in [5.41, 5.74) is 0.204.